The van der Waals surface area contributed by atoms with Gasteiger partial charge >= 0.3 is 5.69 Å². The zero-order valence-corrected chi connectivity index (χ0v) is 8.38. The molecule has 0 radical (unpaired) electrons. The van der Waals surface area contributed by atoms with Gasteiger partial charge in [0.05, 0.1) is 24.8 Å². The number of hydrogen-bond donors (Lipinski definition) is 3. The Morgan fingerprint density at radius 1 is 1.62 bits per heavy atom. The van der Waals surface area contributed by atoms with Gasteiger partial charge in [-0.1, -0.05) is 0 Å². The lowest BCUT2D eigenvalue weighted by Gasteiger charge is -2.03. The molecule has 2 aromatic heterocycles. The number of nitrogens with zero attached hydrogens (tertiary/aromatic N) is 3. The van der Waals surface area contributed by atoms with E-state index in [0.29, 0.717) is 11.0 Å². The van der Waals surface area contributed by atoms with Gasteiger partial charge in [0.25, 0.3) is 0 Å². The Labute approximate surface area is 89.7 Å². The van der Waals surface area contributed by atoms with Crippen molar-refractivity contribution in [1.82, 2.24) is 19.7 Å². The van der Waals surface area contributed by atoms with E-state index in [4.69, 9.17) is 15.6 Å². The Morgan fingerprint density at radius 3 is 3.19 bits per heavy atom. The normalized spacial score (nSPS) is 11.1. The van der Waals surface area contributed by atoms with Gasteiger partial charge in [0.1, 0.15) is 12.5 Å². The van der Waals surface area contributed by atoms with Crippen LogP contribution >= 0.6 is 0 Å². The molecule has 0 aliphatic heterocycles. The lowest BCUT2D eigenvalue weighted by Crippen LogP contribution is -2.15. The van der Waals surface area contributed by atoms with Gasteiger partial charge in [-0.05, 0) is 0 Å². The average molecular weight is 225 g/mol. The molecular weight excluding hydrogens is 214 g/mol. The Kier molecular flexibility index (Phi) is 2.84. The van der Waals surface area contributed by atoms with Gasteiger partial charge in [0, 0.05) is 0 Å². The molecule has 0 aliphatic carbocycles. The first kappa shape index (κ1) is 10.6. The van der Waals surface area contributed by atoms with Crippen LogP contribution in [0.15, 0.2) is 11.0 Å². The van der Waals surface area contributed by atoms with E-state index < -0.39 is 5.69 Å². The number of rotatable bonds is 4. The number of aromatic nitrogens is 4. The lowest BCUT2D eigenvalue weighted by atomic mass is 10.4. The molecule has 0 fully saturated rings. The standard InChI is InChI=1S/C8H11N5O3/c9-6-5-3-10-13(4-16-2-1-14)7(5)12-8(15)11-6/h3,14H,1-2,4H2,(H3,9,11,12,15). The van der Waals surface area contributed by atoms with Crippen molar-refractivity contribution in [3.05, 3.63) is 16.7 Å². The minimum absolute atomic E-state index is 0.0741. The molecule has 0 saturated carbocycles. The van der Waals surface area contributed by atoms with Crippen molar-refractivity contribution < 1.29 is 9.84 Å². The fraction of sp³-hybridized carbons (Fsp3) is 0.375. The number of nitrogens with one attached hydrogen (secondary N) is 1. The minimum Gasteiger partial charge on any atom is -0.394 e. The highest BCUT2D eigenvalue weighted by Gasteiger charge is 2.08. The molecule has 0 amide bonds. The van der Waals surface area contributed by atoms with Gasteiger partial charge < -0.3 is 15.6 Å². The number of aromatic amines is 1. The molecule has 8 heteroatoms. The summed E-state index contributed by atoms with van der Waals surface area (Å²) in [7, 11) is 0. The van der Waals surface area contributed by atoms with Crippen LogP contribution < -0.4 is 11.4 Å². The van der Waals surface area contributed by atoms with Crippen molar-refractivity contribution in [1.29, 1.82) is 0 Å². The molecule has 0 unspecified atom stereocenters. The second-order valence-electron chi connectivity index (χ2n) is 3.10. The predicted molar refractivity (Wildman–Crippen MR) is 55.6 cm³/mol. The maximum Gasteiger partial charge on any atom is 0.348 e. The van der Waals surface area contributed by atoms with Crippen molar-refractivity contribution in [3.8, 4) is 0 Å². The molecule has 4 N–H and O–H groups in total. The van der Waals surface area contributed by atoms with Crippen LogP contribution in [0, 0.1) is 0 Å². The van der Waals surface area contributed by atoms with Gasteiger partial charge in [-0.3, -0.25) is 4.98 Å². The number of ether oxygens (including phenoxy) is 1. The number of aliphatic hydroxyl groups excluding tert-OH is 1. The maximum atomic E-state index is 11.1. The van der Waals surface area contributed by atoms with Gasteiger partial charge in [0.2, 0.25) is 0 Å². The van der Waals surface area contributed by atoms with Crippen molar-refractivity contribution in [2.24, 2.45) is 0 Å². The molecule has 0 aliphatic rings. The third-order valence-corrected chi connectivity index (χ3v) is 2.00. The molecule has 0 aromatic carbocycles. The highest BCUT2D eigenvalue weighted by molar-refractivity contribution is 5.84. The van der Waals surface area contributed by atoms with E-state index >= 15 is 0 Å². The Hall–Kier alpha value is -1.93. The van der Waals surface area contributed by atoms with Crippen molar-refractivity contribution in [2.45, 2.75) is 6.73 Å². The van der Waals surface area contributed by atoms with Crippen molar-refractivity contribution in [3.63, 3.8) is 0 Å². The third-order valence-electron chi connectivity index (χ3n) is 2.00. The summed E-state index contributed by atoms with van der Waals surface area (Å²) in [5.74, 6) is 0.225. The van der Waals surface area contributed by atoms with Gasteiger partial charge in [-0.25, -0.2) is 9.48 Å². The molecule has 2 aromatic rings. The Balaban J connectivity index is 2.36. The van der Waals surface area contributed by atoms with Gasteiger partial charge in [0.15, 0.2) is 5.65 Å². The summed E-state index contributed by atoms with van der Waals surface area (Å²) in [6.07, 6.45) is 1.50. The van der Waals surface area contributed by atoms with Gasteiger partial charge in [-0.15, -0.1) is 0 Å². The van der Waals surface area contributed by atoms with Crippen molar-refractivity contribution >= 4 is 16.9 Å². The number of aliphatic hydroxyl groups is 1. The van der Waals surface area contributed by atoms with Crippen LogP contribution in [0.2, 0.25) is 0 Å². The molecule has 86 valence electrons. The summed E-state index contributed by atoms with van der Waals surface area (Å²) < 4.78 is 6.47. The molecule has 2 rings (SSSR count). The summed E-state index contributed by atoms with van der Waals surface area (Å²) in [6.45, 7) is 0.231. The minimum atomic E-state index is -0.533. The fourth-order valence-corrected chi connectivity index (χ4v) is 1.30. The smallest absolute Gasteiger partial charge is 0.348 e. The monoisotopic (exact) mass is 225 g/mol. The molecule has 8 nitrogen and oxygen atoms in total. The third kappa shape index (κ3) is 1.88. The topological polar surface area (TPSA) is 119 Å². The van der Waals surface area contributed by atoms with E-state index in [1.54, 1.807) is 0 Å². The van der Waals surface area contributed by atoms with Crippen LogP contribution in [-0.4, -0.2) is 38.1 Å². The van der Waals surface area contributed by atoms with E-state index in [9.17, 15) is 4.79 Å². The van der Waals surface area contributed by atoms with Crippen LogP contribution in [0.25, 0.3) is 11.0 Å². The summed E-state index contributed by atoms with van der Waals surface area (Å²) in [6, 6.07) is 0. The summed E-state index contributed by atoms with van der Waals surface area (Å²) in [4.78, 5) is 17.2. The second kappa shape index (κ2) is 4.29. The first-order valence-corrected chi connectivity index (χ1v) is 4.62. The highest BCUT2D eigenvalue weighted by Crippen LogP contribution is 2.13. The number of H-pyrrole nitrogens is 1. The largest absolute Gasteiger partial charge is 0.394 e. The molecule has 2 heterocycles. The maximum absolute atomic E-state index is 11.1. The molecule has 0 saturated heterocycles. The molecule has 0 atom stereocenters. The van der Waals surface area contributed by atoms with Crippen LogP contribution in [-0.2, 0) is 11.5 Å². The van der Waals surface area contributed by atoms with Crippen LogP contribution in [0.5, 0.6) is 0 Å². The fourth-order valence-electron chi connectivity index (χ4n) is 1.30. The highest BCUT2D eigenvalue weighted by atomic mass is 16.5. The second-order valence-corrected chi connectivity index (χ2v) is 3.10. The van der Waals surface area contributed by atoms with Crippen molar-refractivity contribution in [2.75, 3.05) is 18.9 Å². The Morgan fingerprint density at radius 2 is 2.44 bits per heavy atom. The van der Waals surface area contributed by atoms with Crippen LogP contribution in [0.1, 0.15) is 0 Å². The quantitative estimate of drug-likeness (QED) is 0.554. The molecular formula is C8H11N5O3. The number of hydrogen-bond acceptors (Lipinski definition) is 6. The predicted octanol–water partition coefficient (Wildman–Crippen LogP) is -1.33. The molecule has 16 heavy (non-hydrogen) atoms. The van der Waals surface area contributed by atoms with E-state index in [0.717, 1.165) is 0 Å². The average Bonchev–Trinajstić information content (AvgIpc) is 2.62. The van der Waals surface area contributed by atoms with E-state index in [1.807, 2.05) is 0 Å². The zero-order valence-electron chi connectivity index (χ0n) is 8.38. The first-order chi connectivity index (χ1) is 7.72. The van der Waals surface area contributed by atoms with E-state index in [-0.39, 0.29) is 25.8 Å². The van der Waals surface area contributed by atoms with Crippen LogP contribution in [0.3, 0.4) is 0 Å². The summed E-state index contributed by atoms with van der Waals surface area (Å²) >= 11 is 0. The number of nitrogen functional groups attached to an aromatic ring is 1. The number of anilines is 1. The van der Waals surface area contributed by atoms with E-state index in [2.05, 4.69) is 15.1 Å². The number of fused-ring (bicyclic) bond motifs is 1. The summed E-state index contributed by atoms with van der Waals surface area (Å²) in [5.41, 5.74) is 5.42. The van der Waals surface area contributed by atoms with Crippen LogP contribution in [0.4, 0.5) is 5.82 Å². The molecule has 0 spiro atoms. The summed E-state index contributed by atoms with van der Waals surface area (Å²) in [5, 5.41) is 13.1. The first-order valence-electron chi connectivity index (χ1n) is 4.62. The molecule has 0 bridgehead atoms. The zero-order chi connectivity index (χ0) is 11.5. The lowest BCUT2D eigenvalue weighted by molar-refractivity contribution is 0.0439. The van der Waals surface area contributed by atoms with Gasteiger partial charge in [-0.2, -0.15) is 10.1 Å². The number of nitrogens with two attached hydrogens (primary N) is 1. The van der Waals surface area contributed by atoms with E-state index in [1.165, 1.54) is 10.9 Å². The SMILES string of the molecule is Nc1[nH]c(=O)nc2c1cnn2COCCO. The Bertz CT molecular complexity index is 546.